The van der Waals surface area contributed by atoms with Gasteiger partial charge in [0.05, 0.1) is 21.7 Å². The molecule has 0 aliphatic heterocycles. The summed E-state index contributed by atoms with van der Waals surface area (Å²) in [5.41, 5.74) is -0.764. The van der Waals surface area contributed by atoms with E-state index in [2.05, 4.69) is 25.3 Å². The summed E-state index contributed by atoms with van der Waals surface area (Å²) in [5, 5.41) is 10.6. The van der Waals surface area contributed by atoms with Crippen LogP contribution in [-0.2, 0) is 14.9 Å². The van der Waals surface area contributed by atoms with Crippen molar-refractivity contribution < 1.29 is 22.5 Å². The van der Waals surface area contributed by atoms with Crippen molar-refractivity contribution in [2.45, 2.75) is 11.8 Å². The van der Waals surface area contributed by atoms with E-state index in [0.717, 1.165) is 16.0 Å². The summed E-state index contributed by atoms with van der Waals surface area (Å²) in [6, 6.07) is 8.76. The zero-order valence-corrected chi connectivity index (χ0v) is 17.9. The third-order valence-corrected chi connectivity index (χ3v) is 5.86. The summed E-state index contributed by atoms with van der Waals surface area (Å²) in [6.07, 6.45) is 1.48. The van der Waals surface area contributed by atoms with Gasteiger partial charge in [0.25, 0.3) is 10.1 Å². The maximum absolute atomic E-state index is 12.9. The SMILES string of the molecule is CCOC(=O)c1[nH]n(-c2ccccn2)c(=O)c1N=Nc1nc2ccc(S(=O)(=O)O)cc2s1. The zero-order valence-electron chi connectivity index (χ0n) is 16.3. The number of hydrogen-bond donors (Lipinski definition) is 2. The molecule has 4 aromatic rings. The summed E-state index contributed by atoms with van der Waals surface area (Å²) < 4.78 is 38.3. The number of aromatic amines is 1. The van der Waals surface area contributed by atoms with Gasteiger partial charge >= 0.3 is 11.5 Å². The second-order valence-electron chi connectivity index (χ2n) is 6.19. The van der Waals surface area contributed by atoms with Crippen molar-refractivity contribution in [2.24, 2.45) is 10.2 Å². The van der Waals surface area contributed by atoms with E-state index in [9.17, 15) is 22.6 Å². The van der Waals surface area contributed by atoms with Crippen molar-refractivity contribution in [1.82, 2.24) is 19.7 Å². The normalized spacial score (nSPS) is 11.9. The van der Waals surface area contributed by atoms with Crippen LogP contribution in [0.1, 0.15) is 17.4 Å². The number of nitrogens with zero attached hydrogens (tertiary/aromatic N) is 5. The second kappa shape index (κ2) is 8.41. The van der Waals surface area contributed by atoms with Crippen LogP contribution in [0.25, 0.3) is 16.0 Å². The Balaban J connectivity index is 1.77. The molecule has 4 rings (SSSR count). The molecule has 3 heterocycles. The van der Waals surface area contributed by atoms with Crippen LogP contribution in [0.5, 0.6) is 0 Å². The number of fused-ring (bicyclic) bond motifs is 1. The highest BCUT2D eigenvalue weighted by molar-refractivity contribution is 7.85. The van der Waals surface area contributed by atoms with Gasteiger partial charge in [0, 0.05) is 6.20 Å². The summed E-state index contributed by atoms with van der Waals surface area (Å²) in [5.74, 6) is -0.558. The maximum Gasteiger partial charge on any atom is 0.358 e. The molecule has 32 heavy (non-hydrogen) atoms. The number of ether oxygens (including phenoxy) is 1. The highest BCUT2D eigenvalue weighted by atomic mass is 32.2. The molecule has 164 valence electrons. The Morgan fingerprint density at radius 3 is 2.78 bits per heavy atom. The lowest BCUT2D eigenvalue weighted by Gasteiger charge is -2.00. The van der Waals surface area contributed by atoms with Gasteiger partial charge in [0.2, 0.25) is 5.13 Å². The number of rotatable bonds is 6. The molecule has 0 saturated carbocycles. The van der Waals surface area contributed by atoms with E-state index in [1.165, 1.54) is 24.4 Å². The van der Waals surface area contributed by atoms with Crippen molar-refractivity contribution in [3.63, 3.8) is 0 Å². The first-order valence-electron chi connectivity index (χ1n) is 9.01. The number of thiazole rings is 1. The zero-order chi connectivity index (χ0) is 22.9. The van der Waals surface area contributed by atoms with E-state index in [1.807, 2.05) is 0 Å². The number of carbonyl (C=O) groups is 1. The Bertz CT molecular complexity index is 1500. The molecule has 0 fully saturated rings. The van der Waals surface area contributed by atoms with Gasteiger partial charge in [0.1, 0.15) is 0 Å². The van der Waals surface area contributed by atoms with E-state index < -0.39 is 21.6 Å². The number of aromatic nitrogens is 4. The first-order valence-corrected chi connectivity index (χ1v) is 11.3. The Morgan fingerprint density at radius 2 is 2.09 bits per heavy atom. The predicted octanol–water partition coefficient (Wildman–Crippen LogP) is 3.01. The lowest BCUT2D eigenvalue weighted by atomic mass is 10.3. The van der Waals surface area contributed by atoms with E-state index in [0.29, 0.717) is 10.2 Å². The van der Waals surface area contributed by atoms with Crippen molar-refractivity contribution in [1.29, 1.82) is 0 Å². The van der Waals surface area contributed by atoms with Crippen molar-refractivity contribution in [2.75, 3.05) is 6.61 Å². The van der Waals surface area contributed by atoms with Gasteiger partial charge in [-0.2, -0.15) is 13.1 Å². The van der Waals surface area contributed by atoms with Crippen LogP contribution in [0.4, 0.5) is 10.8 Å². The maximum atomic E-state index is 12.9. The number of nitrogens with one attached hydrogen (secondary N) is 1. The number of H-pyrrole nitrogens is 1. The van der Waals surface area contributed by atoms with E-state index >= 15 is 0 Å². The highest BCUT2D eigenvalue weighted by Gasteiger charge is 2.23. The van der Waals surface area contributed by atoms with Gasteiger partial charge in [-0.15, -0.1) is 10.2 Å². The highest BCUT2D eigenvalue weighted by Crippen LogP contribution is 2.31. The summed E-state index contributed by atoms with van der Waals surface area (Å²) >= 11 is 0.986. The van der Waals surface area contributed by atoms with Crippen LogP contribution < -0.4 is 5.56 Å². The molecule has 0 radical (unpaired) electrons. The minimum Gasteiger partial charge on any atom is -0.461 e. The lowest BCUT2D eigenvalue weighted by Crippen LogP contribution is -2.15. The largest absolute Gasteiger partial charge is 0.461 e. The molecule has 0 amide bonds. The van der Waals surface area contributed by atoms with Gasteiger partial charge < -0.3 is 4.74 Å². The molecule has 12 nitrogen and oxygen atoms in total. The van der Waals surface area contributed by atoms with Crippen molar-refractivity contribution in [3.8, 4) is 5.82 Å². The van der Waals surface area contributed by atoms with Crippen LogP contribution in [0.15, 0.2) is 62.5 Å². The number of esters is 1. The van der Waals surface area contributed by atoms with Gasteiger partial charge in [0.15, 0.2) is 17.2 Å². The van der Waals surface area contributed by atoms with Crippen LogP contribution >= 0.6 is 11.3 Å². The average Bonchev–Trinajstić information content (AvgIpc) is 3.32. The summed E-state index contributed by atoms with van der Waals surface area (Å²) in [6.45, 7) is 1.70. The number of benzene rings is 1. The van der Waals surface area contributed by atoms with Crippen molar-refractivity contribution in [3.05, 3.63) is 58.6 Å². The second-order valence-corrected chi connectivity index (χ2v) is 8.62. The van der Waals surface area contributed by atoms with Gasteiger partial charge in [-0.25, -0.2) is 14.8 Å². The third kappa shape index (κ3) is 4.18. The topological polar surface area (TPSA) is 169 Å². The number of hydrogen-bond acceptors (Lipinski definition) is 10. The monoisotopic (exact) mass is 474 g/mol. The molecular weight excluding hydrogens is 460 g/mol. The lowest BCUT2D eigenvalue weighted by molar-refractivity contribution is 0.0520. The van der Waals surface area contributed by atoms with E-state index in [4.69, 9.17) is 4.74 Å². The van der Waals surface area contributed by atoms with E-state index in [1.54, 1.807) is 25.1 Å². The smallest absolute Gasteiger partial charge is 0.358 e. The molecule has 0 atom stereocenters. The minimum absolute atomic E-state index is 0.0835. The molecule has 0 bridgehead atoms. The minimum atomic E-state index is -4.37. The molecule has 0 unspecified atom stereocenters. The van der Waals surface area contributed by atoms with Crippen molar-refractivity contribution >= 4 is 48.5 Å². The number of pyridine rings is 1. The molecule has 0 aliphatic carbocycles. The first kappa shape index (κ1) is 21.5. The average molecular weight is 474 g/mol. The fourth-order valence-electron chi connectivity index (χ4n) is 2.70. The van der Waals surface area contributed by atoms with E-state index in [-0.39, 0.29) is 33.8 Å². The standard InChI is InChI=1S/C18H14N6O6S2/c1-2-30-17(26)15-14(16(25)24(23-15)13-5-3-4-8-19-13)21-22-18-20-11-7-6-10(32(27,28)29)9-12(11)31-18/h3-9,23H,2H2,1H3,(H,27,28,29). The van der Waals surface area contributed by atoms with Gasteiger partial charge in [-0.1, -0.05) is 17.4 Å². The quantitative estimate of drug-likeness (QED) is 0.244. The van der Waals surface area contributed by atoms with Crippen LogP contribution in [0.3, 0.4) is 0 Å². The third-order valence-electron chi connectivity index (χ3n) is 4.11. The molecule has 0 aliphatic rings. The van der Waals surface area contributed by atoms with Gasteiger partial charge in [-0.05, 0) is 37.3 Å². The molecule has 3 aromatic heterocycles. The Morgan fingerprint density at radius 1 is 1.28 bits per heavy atom. The first-order chi connectivity index (χ1) is 15.3. The van der Waals surface area contributed by atoms with Crippen LogP contribution in [0.2, 0.25) is 0 Å². The predicted molar refractivity (Wildman–Crippen MR) is 114 cm³/mol. The molecule has 2 N–H and O–H groups in total. The van der Waals surface area contributed by atoms with Crippen LogP contribution in [0, 0.1) is 0 Å². The Kier molecular flexibility index (Phi) is 5.65. The fraction of sp³-hybridized carbons (Fsp3) is 0.111. The number of azo groups is 1. The Labute approximate surface area is 184 Å². The number of carbonyl (C=O) groups excluding carboxylic acids is 1. The Hall–Kier alpha value is -3.75. The molecule has 1 aromatic carbocycles. The summed E-state index contributed by atoms with van der Waals surface area (Å²) in [4.78, 5) is 33.2. The molecule has 0 saturated heterocycles. The fourth-order valence-corrected chi connectivity index (χ4v) is 4.11. The summed E-state index contributed by atoms with van der Waals surface area (Å²) in [7, 11) is -4.37. The van der Waals surface area contributed by atoms with Crippen LogP contribution in [-0.4, -0.2) is 45.3 Å². The molecular formula is C18H14N6O6S2. The molecule has 0 spiro atoms. The molecule has 14 heteroatoms. The van der Waals surface area contributed by atoms with Gasteiger partial charge in [-0.3, -0.25) is 14.4 Å².